The van der Waals surface area contributed by atoms with Gasteiger partial charge in [0, 0.05) is 19.4 Å². The minimum Gasteiger partial charge on any atom is -0.466 e. The molecule has 0 radical (unpaired) electrons. The van der Waals surface area contributed by atoms with E-state index < -0.39 is 29.7 Å². The summed E-state index contributed by atoms with van der Waals surface area (Å²) in [6.45, 7) is 3.67. The van der Waals surface area contributed by atoms with Gasteiger partial charge in [-0.3, -0.25) is 4.79 Å². The first-order chi connectivity index (χ1) is 14.3. The van der Waals surface area contributed by atoms with E-state index in [1.165, 1.54) is 20.1 Å². The average molecular weight is 413 g/mol. The molecule has 1 aromatic rings. The summed E-state index contributed by atoms with van der Waals surface area (Å²) >= 11 is 0. The second-order valence-corrected chi connectivity index (χ2v) is 7.05. The van der Waals surface area contributed by atoms with Crippen LogP contribution < -0.4 is 5.32 Å². The molecule has 1 aliphatic rings. The Morgan fingerprint density at radius 2 is 1.83 bits per heavy atom. The summed E-state index contributed by atoms with van der Waals surface area (Å²) in [6, 6.07) is 8.60. The van der Waals surface area contributed by atoms with Gasteiger partial charge in [-0.25, -0.2) is 9.59 Å². The van der Waals surface area contributed by atoms with Crippen LogP contribution in [0.1, 0.15) is 19.4 Å². The summed E-state index contributed by atoms with van der Waals surface area (Å²) in [5.41, 5.74) is 0.310. The highest BCUT2D eigenvalue weighted by atomic mass is 16.6. The lowest BCUT2D eigenvalue weighted by atomic mass is 10.0. The van der Waals surface area contributed by atoms with E-state index in [1.54, 1.807) is 30.4 Å². The third kappa shape index (κ3) is 7.67. The van der Waals surface area contributed by atoms with Crippen molar-refractivity contribution in [3.63, 3.8) is 0 Å². The molecule has 1 fully saturated rings. The fraction of sp³-hybridized carbons (Fsp3) is 0.348. The minimum absolute atomic E-state index is 0.311. The predicted molar refractivity (Wildman–Crippen MR) is 111 cm³/mol. The molecular weight excluding hydrogens is 386 g/mol. The normalized spacial score (nSPS) is 20.2. The Kier molecular flexibility index (Phi) is 8.55. The Hall–Kier alpha value is -3.19. The van der Waals surface area contributed by atoms with Gasteiger partial charge >= 0.3 is 11.9 Å². The molecule has 0 bridgehead atoms. The van der Waals surface area contributed by atoms with Crippen LogP contribution in [0, 0.1) is 0 Å². The second-order valence-electron chi connectivity index (χ2n) is 7.05. The van der Waals surface area contributed by atoms with E-state index in [1.807, 2.05) is 37.3 Å². The molecule has 1 amide bonds. The van der Waals surface area contributed by atoms with E-state index in [0.717, 1.165) is 5.56 Å². The number of benzene rings is 1. The molecule has 3 atom stereocenters. The van der Waals surface area contributed by atoms with Gasteiger partial charge in [-0.05, 0) is 18.6 Å². The predicted octanol–water partition coefficient (Wildman–Crippen LogP) is 2.28. The van der Waals surface area contributed by atoms with Crippen molar-refractivity contribution >= 4 is 17.8 Å². The molecule has 0 unspecified atom stereocenters. The number of carbonyl (C=O) groups is 3. The second kappa shape index (κ2) is 11.1. The SMILES string of the molecule is COC(=O)/C=C/C=C/C=C/[C@@H](OC(=O)[C@H](Cc1ccccc1)NC(C)=O)[C@]1(C)CO1. The summed E-state index contributed by atoms with van der Waals surface area (Å²) in [7, 11) is 1.30. The van der Waals surface area contributed by atoms with Gasteiger partial charge in [-0.1, -0.05) is 54.6 Å². The van der Waals surface area contributed by atoms with Crippen molar-refractivity contribution < 1.29 is 28.6 Å². The van der Waals surface area contributed by atoms with Crippen molar-refractivity contribution in [2.45, 2.75) is 38.0 Å². The van der Waals surface area contributed by atoms with Crippen LogP contribution in [0.3, 0.4) is 0 Å². The van der Waals surface area contributed by atoms with Gasteiger partial charge in [0.05, 0.1) is 13.7 Å². The van der Waals surface area contributed by atoms with Gasteiger partial charge in [0.25, 0.3) is 0 Å². The van der Waals surface area contributed by atoms with Crippen LogP contribution in [0.5, 0.6) is 0 Å². The standard InChI is InChI=1S/C23H27NO6/c1-17(25)24-19(15-18-11-7-6-8-12-18)22(27)30-20(23(2)16-29-23)13-9-4-5-10-14-21(26)28-3/h4-14,19-20H,15-16H2,1-3H3,(H,24,25)/b5-4+,13-9+,14-10+/t19-,20+,23-/m0/s1. The van der Waals surface area contributed by atoms with Gasteiger partial charge in [-0.15, -0.1) is 0 Å². The summed E-state index contributed by atoms with van der Waals surface area (Å²) in [4.78, 5) is 35.4. The van der Waals surface area contributed by atoms with Crippen LogP contribution in [0.25, 0.3) is 0 Å². The topological polar surface area (TPSA) is 94.2 Å². The lowest BCUT2D eigenvalue weighted by Crippen LogP contribution is -2.45. The van der Waals surface area contributed by atoms with Gasteiger partial charge in [0.2, 0.25) is 5.91 Å². The number of hydrogen-bond donors (Lipinski definition) is 1. The van der Waals surface area contributed by atoms with Crippen molar-refractivity contribution in [1.29, 1.82) is 0 Å². The Bertz CT molecular complexity index is 823. The monoisotopic (exact) mass is 413 g/mol. The van der Waals surface area contributed by atoms with E-state index in [-0.39, 0.29) is 5.91 Å². The molecule has 0 aliphatic carbocycles. The van der Waals surface area contributed by atoms with E-state index in [2.05, 4.69) is 10.1 Å². The first kappa shape index (κ1) is 23.1. The van der Waals surface area contributed by atoms with Crippen LogP contribution in [-0.4, -0.2) is 49.3 Å². The number of hydrogen-bond acceptors (Lipinski definition) is 6. The zero-order valence-corrected chi connectivity index (χ0v) is 17.4. The fourth-order valence-electron chi connectivity index (χ4n) is 2.64. The van der Waals surface area contributed by atoms with Crippen molar-refractivity contribution in [2.24, 2.45) is 0 Å². The molecule has 1 heterocycles. The Morgan fingerprint density at radius 1 is 1.17 bits per heavy atom. The summed E-state index contributed by atoms with van der Waals surface area (Å²) in [5, 5.41) is 2.66. The molecular formula is C23H27NO6. The molecule has 0 saturated carbocycles. The molecule has 0 spiro atoms. The van der Waals surface area contributed by atoms with Crippen molar-refractivity contribution in [3.05, 3.63) is 72.4 Å². The molecule has 1 aromatic carbocycles. The number of ether oxygens (including phenoxy) is 3. The largest absolute Gasteiger partial charge is 0.466 e. The number of amides is 1. The Labute approximate surface area is 176 Å². The van der Waals surface area contributed by atoms with Crippen LogP contribution >= 0.6 is 0 Å². The number of allylic oxidation sites excluding steroid dienone is 4. The van der Waals surface area contributed by atoms with E-state index in [4.69, 9.17) is 9.47 Å². The van der Waals surface area contributed by atoms with Gasteiger partial charge in [-0.2, -0.15) is 0 Å². The Morgan fingerprint density at radius 3 is 2.43 bits per heavy atom. The third-order valence-electron chi connectivity index (χ3n) is 4.44. The van der Waals surface area contributed by atoms with Gasteiger partial charge < -0.3 is 19.5 Å². The summed E-state index contributed by atoms with van der Waals surface area (Å²) in [5.74, 6) is -1.29. The van der Waals surface area contributed by atoms with E-state index in [0.29, 0.717) is 13.0 Å². The van der Waals surface area contributed by atoms with Crippen LogP contribution in [-0.2, 0) is 35.0 Å². The average Bonchev–Trinajstić information content (AvgIpc) is 3.47. The maximum absolute atomic E-state index is 12.8. The molecule has 1 saturated heterocycles. The van der Waals surface area contributed by atoms with Crippen molar-refractivity contribution in [3.8, 4) is 0 Å². The molecule has 1 N–H and O–H groups in total. The van der Waals surface area contributed by atoms with E-state index >= 15 is 0 Å². The van der Waals surface area contributed by atoms with Crippen molar-refractivity contribution in [2.75, 3.05) is 13.7 Å². The molecule has 160 valence electrons. The maximum atomic E-state index is 12.8. The number of methoxy groups -OCH3 is 1. The molecule has 7 heteroatoms. The van der Waals surface area contributed by atoms with Crippen LogP contribution in [0.2, 0.25) is 0 Å². The van der Waals surface area contributed by atoms with Crippen LogP contribution in [0.4, 0.5) is 0 Å². The fourth-order valence-corrected chi connectivity index (χ4v) is 2.64. The highest BCUT2D eigenvalue weighted by Gasteiger charge is 2.48. The quantitative estimate of drug-likeness (QED) is 0.274. The third-order valence-corrected chi connectivity index (χ3v) is 4.44. The minimum atomic E-state index is -0.804. The highest BCUT2D eigenvalue weighted by Crippen LogP contribution is 2.33. The van der Waals surface area contributed by atoms with Gasteiger partial charge in [0.15, 0.2) is 6.10 Å². The number of rotatable bonds is 10. The number of nitrogens with one attached hydrogen (secondary N) is 1. The summed E-state index contributed by atoms with van der Waals surface area (Å²) in [6.07, 6.45) is 9.29. The molecule has 1 aliphatic heterocycles. The van der Waals surface area contributed by atoms with Crippen molar-refractivity contribution in [1.82, 2.24) is 5.32 Å². The highest BCUT2D eigenvalue weighted by molar-refractivity contribution is 5.83. The van der Waals surface area contributed by atoms with Gasteiger partial charge in [0.1, 0.15) is 11.6 Å². The lowest BCUT2D eigenvalue weighted by Gasteiger charge is -2.22. The molecule has 7 nitrogen and oxygen atoms in total. The first-order valence-corrected chi connectivity index (χ1v) is 9.59. The maximum Gasteiger partial charge on any atom is 0.330 e. The number of esters is 2. The zero-order valence-electron chi connectivity index (χ0n) is 17.4. The molecule has 0 aromatic heterocycles. The Balaban J connectivity index is 2.04. The lowest BCUT2D eigenvalue weighted by molar-refractivity contribution is -0.153. The smallest absolute Gasteiger partial charge is 0.330 e. The first-order valence-electron chi connectivity index (χ1n) is 9.59. The summed E-state index contributed by atoms with van der Waals surface area (Å²) < 4.78 is 15.6. The van der Waals surface area contributed by atoms with E-state index in [9.17, 15) is 14.4 Å². The number of epoxide rings is 1. The molecule has 30 heavy (non-hydrogen) atoms. The molecule has 2 rings (SSSR count). The van der Waals surface area contributed by atoms with Crippen LogP contribution in [0.15, 0.2) is 66.8 Å². The zero-order chi connectivity index (χ0) is 22.0. The number of carbonyl (C=O) groups excluding carboxylic acids is 3.